The number of ketones is 1. The van der Waals surface area contributed by atoms with Crippen LogP contribution in [0.5, 0.6) is 0 Å². The third-order valence-electron chi connectivity index (χ3n) is 13.3. The van der Waals surface area contributed by atoms with Crippen LogP contribution >= 0.6 is 11.8 Å². The molecule has 5 rings (SSSR count). The zero-order valence-electron chi connectivity index (χ0n) is 45.9. The van der Waals surface area contributed by atoms with Crippen molar-refractivity contribution in [2.24, 2.45) is 0 Å². The summed E-state index contributed by atoms with van der Waals surface area (Å²) in [6, 6.07) is 1.88. The molecule has 18 nitrogen and oxygen atoms in total. The van der Waals surface area contributed by atoms with Crippen LogP contribution in [-0.4, -0.2) is 136 Å². The summed E-state index contributed by atoms with van der Waals surface area (Å²) in [4.78, 5) is 36.0. The molecule has 3 aliphatic heterocycles. The summed E-state index contributed by atoms with van der Waals surface area (Å²) < 4.78 is 25.6. The number of hydrogen-bond acceptors (Lipinski definition) is 16. The number of amides is 1. The smallest absolute Gasteiger partial charge is 0.305 e. The highest BCUT2D eigenvalue weighted by Gasteiger charge is 2.40. The van der Waals surface area contributed by atoms with E-state index in [1.807, 2.05) is 28.8 Å². The predicted octanol–water partition coefficient (Wildman–Crippen LogP) is 8.03. The molecule has 0 spiro atoms. The summed E-state index contributed by atoms with van der Waals surface area (Å²) in [5, 5.41) is 33.8. The first kappa shape index (κ1) is 64.1. The van der Waals surface area contributed by atoms with Gasteiger partial charge in [0.05, 0.1) is 87.9 Å². The molecule has 0 radical (unpaired) electrons. The number of aromatic nitrogens is 6. The lowest BCUT2D eigenvalue weighted by molar-refractivity contribution is -0.144. The van der Waals surface area contributed by atoms with Gasteiger partial charge in [0.1, 0.15) is 5.78 Å². The number of rotatable bonds is 36. The molecular formula is C55H99N11O7S. The van der Waals surface area contributed by atoms with Gasteiger partial charge in [-0.15, -0.1) is 10.2 Å². The highest BCUT2D eigenvalue weighted by atomic mass is 32.2. The maximum atomic E-state index is 12.2. The Bertz CT molecular complexity index is 1910. The lowest BCUT2D eigenvalue weighted by Gasteiger charge is -2.17. The molecule has 422 valence electrons. The number of carbonyl (C=O) groups is 3. The maximum absolute atomic E-state index is 12.2. The molecule has 1 unspecified atom stereocenters. The predicted molar refractivity (Wildman–Crippen MR) is 297 cm³/mol. The van der Waals surface area contributed by atoms with Crippen LogP contribution in [-0.2, 0) is 57.3 Å². The van der Waals surface area contributed by atoms with Gasteiger partial charge < -0.3 is 45.5 Å². The van der Waals surface area contributed by atoms with E-state index in [0.29, 0.717) is 120 Å². The summed E-state index contributed by atoms with van der Waals surface area (Å²) in [6.45, 7) is 28.4. The molecule has 0 saturated carbocycles. The molecule has 2 aromatic heterocycles. The van der Waals surface area contributed by atoms with E-state index in [0.717, 1.165) is 119 Å². The molecule has 0 aromatic carbocycles. The van der Waals surface area contributed by atoms with E-state index in [1.54, 1.807) is 4.68 Å². The second-order valence-corrected chi connectivity index (χ2v) is 23.2. The topological polar surface area (TPSA) is 210 Å². The third kappa shape index (κ3) is 26.5. The normalized spacial score (nSPS) is 19.1. The summed E-state index contributed by atoms with van der Waals surface area (Å²) in [5.74, 6) is 3.39. The van der Waals surface area contributed by atoms with Crippen molar-refractivity contribution >= 4 is 29.4 Å². The van der Waals surface area contributed by atoms with Crippen LogP contribution in [0.4, 0.5) is 0 Å². The number of unbranched alkanes of at least 4 members (excludes halogenated alkanes) is 8. The van der Waals surface area contributed by atoms with Gasteiger partial charge in [0, 0.05) is 85.1 Å². The van der Waals surface area contributed by atoms with Gasteiger partial charge in [-0.2, -0.15) is 11.8 Å². The number of esters is 1. The van der Waals surface area contributed by atoms with Crippen molar-refractivity contribution < 1.29 is 33.3 Å². The van der Waals surface area contributed by atoms with Gasteiger partial charge in [-0.25, -0.2) is 4.68 Å². The minimum absolute atomic E-state index is 0. The molecule has 74 heavy (non-hydrogen) atoms. The standard InChI is InChI=1S/C29H49N5O3S.C25H46N6O4.CH4/c1-22-30-24-21-38-25(28(24)31-22)16-11-10-15-23(35)14-8-5-6-13-19-37-27(36)17-9-7-12-18-34-20-26(32-33-34)29(2,3)4;1-20-22(28-21(2)27-20)9-7-6-8-10-24(32)26-11-13-33-15-17-35-18-16-34-14-12-31-19-23(29-30-31)25(3,4)5;/h20,24-25,28,30-31H,1,5-19,21H2,2-4H3;19-20,22,27-28H,2,6-18H2,1,3-5H3,(H,26,32);1H4/t24?,25-,28+;20-,22+;/m10./s1. The van der Waals surface area contributed by atoms with Gasteiger partial charge in [0.15, 0.2) is 0 Å². The van der Waals surface area contributed by atoms with Crippen LogP contribution in [0.25, 0.3) is 0 Å². The summed E-state index contributed by atoms with van der Waals surface area (Å²) in [7, 11) is 0. The highest BCUT2D eigenvalue weighted by molar-refractivity contribution is 8.00. The maximum Gasteiger partial charge on any atom is 0.305 e. The lowest BCUT2D eigenvalue weighted by atomic mass is 9.93. The molecule has 19 heteroatoms. The van der Waals surface area contributed by atoms with Crippen LogP contribution in [0.2, 0.25) is 0 Å². The minimum atomic E-state index is -0.104. The zero-order chi connectivity index (χ0) is 52.9. The number of aryl methyl sites for hydroxylation is 1. The van der Waals surface area contributed by atoms with Crippen LogP contribution in [0, 0.1) is 0 Å². The van der Waals surface area contributed by atoms with Gasteiger partial charge >= 0.3 is 5.97 Å². The van der Waals surface area contributed by atoms with Crippen LogP contribution in [0.3, 0.4) is 0 Å². The Morgan fingerprint density at radius 3 is 1.85 bits per heavy atom. The average Bonchev–Trinajstić information content (AvgIpc) is 4.19. The van der Waals surface area contributed by atoms with Crippen molar-refractivity contribution in [3.63, 3.8) is 0 Å². The second kappa shape index (κ2) is 35.2. The summed E-state index contributed by atoms with van der Waals surface area (Å²) >= 11 is 2.04. The molecule has 5 atom stereocenters. The molecule has 2 aromatic rings. The number of fused-ring (bicyclic) bond motifs is 1. The van der Waals surface area contributed by atoms with Crippen LogP contribution in [0.15, 0.2) is 37.2 Å². The molecular weight excluding hydrogens is 959 g/mol. The third-order valence-corrected chi connectivity index (χ3v) is 14.8. The molecule has 3 saturated heterocycles. The van der Waals surface area contributed by atoms with E-state index in [-0.39, 0.29) is 30.1 Å². The van der Waals surface area contributed by atoms with Crippen molar-refractivity contribution in [1.29, 1.82) is 0 Å². The fraction of sp³-hybridized carbons (Fsp3) is 0.800. The fourth-order valence-corrected chi connectivity index (χ4v) is 10.3. The van der Waals surface area contributed by atoms with Crippen molar-refractivity contribution in [2.45, 2.75) is 225 Å². The Labute approximate surface area is 449 Å². The van der Waals surface area contributed by atoms with Crippen LogP contribution in [0.1, 0.15) is 183 Å². The number of nitrogens with one attached hydrogen (secondary N) is 5. The van der Waals surface area contributed by atoms with Crippen molar-refractivity contribution in [3.8, 4) is 0 Å². The first-order valence-corrected chi connectivity index (χ1v) is 28.6. The monoisotopic (exact) mass is 1060 g/mol. The molecule has 0 bridgehead atoms. The Kier molecular flexibility index (Phi) is 30.5. The van der Waals surface area contributed by atoms with Gasteiger partial charge in [-0.1, -0.05) is 111 Å². The second-order valence-electron chi connectivity index (χ2n) is 21.9. The van der Waals surface area contributed by atoms with Gasteiger partial charge in [0.25, 0.3) is 0 Å². The quantitative estimate of drug-likeness (QED) is 0.0323. The molecule has 5 heterocycles. The van der Waals surface area contributed by atoms with Crippen molar-refractivity contribution in [1.82, 2.24) is 56.6 Å². The molecule has 3 fully saturated rings. The van der Waals surface area contributed by atoms with Gasteiger partial charge in [-0.3, -0.25) is 19.1 Å². The van der Waals surface area contributed by atoms with Gasteiger partial charge in [0.2, 0.25) is 5.91 Å². The molecule has 1 amide bonds. The van der Waals surface area contributed by atoms with Crippen molar-refractivity contribution in [2.75, 3.05) is 58.5 Å². The number of ether oxygens (including phenoxy) is 4. The SMILES string of the molecule is C.C=C1NC2CS[C@H](CCCCC(=O)CCCCCCOC(=O)CCCCCn3cc(C(C)(C)C)nn3)[C@H]2N1.C=C1N[C@@H](C)[C@@H](CCCCCC(=O)NCCOCCOCCOCCn2cc(C(C)(C)C)nn2)N1. The average molecular weight is 1060 g/mol. The zero-order valence-corrected chi connectivity index (χ0v) is 46.7. The molecule has 0 aliphatic carbocycles. The van der Waals surface area contributed by atoms with E-state index in [9.17, 15) is 14.4 Å². The van der Waals surface area contributed by atoms with E-state index in [1.165, 1.54) is 6.42 Å². The number of thioether (sulfide) groups is 1. The summed E-state index contributed by atoms with van der Waals surface area (Å²) in [5.41, 5.74) is 1.99. The number of carbonyl (C=O) groups excluding carboxylic acids is 3. The van der Waals surface area contributed by atoms with Gasteiger partial charge in [-0.05, 0) is 58.3 Å². The number of hydrogen-bond donors (Lipinski definition) is 5. The molecule has 5 N–H and O–H groups in total. The van der Waals surface area contributed by atoms with Crippen molar-refractivity contribution in [3.05, 3.63) is 48.6 Å². The van der Waals surface area contributed by atoms with E-state index in [2.05, 4.69) is 109 Å². The minimum Gasteiger partial charge on any atom is -0.466 e. The highest BCUT2D eigenvalue weighted by Crippen LogP contribution is 2.34. The Balaban J connectivity index is 0.000000386. The van der Waals surface area contributed by atoms with E-state index < -0.39 is 0 Å². The van der Waals surface area contributed by atoms with Crippen LogP contribution < -0.4 is 26.6 Å². The Morgan fingerprint density at radius 1 is 0.649 bits per heavy atom. The number of nitrogens with zero attached hydrogens (tertiary/aromatic N) is 6. The van der Waals surface area contributed by atoms with E-state index in [4.69, 9.17) is 18.9 Å². The fourth-order valence-electron chi connectivity index (χ4n) is 8.77. The summed E-state index contributed by atoms with van der Waals surface area (Å²) in [6.07, 6.45) is 20.5. The largest absolute Gasteiger partial charge is 0.466 e. The van der Waals surface area contributed by atoms with E-state index >= 15 is 0 Å². The first-order chi connectivity index (χ1) is 35.0. The lowest BCUT2D eigenvalue weighted by Crippen LogP contribution is -2.36. The first-order valence-electron chi connectivity index (χ1n) is 27.5. The molecule has 3 aliphatic rings. The Morgan fingerprint density at radius 2 is 1.20 bits per heavy atom. The Hall–Kier alpha value is -4.20. The number of Topliss-reactive ketones (excluding diaryl/α,β-unsaturated/α-hetero) is 1.